The van der Waals surface area contributed by atoms with Crippen molar-refractivity contribution in [1.82, 2.24) is 9.21 Å². The third kappa shape index (κ3) is 3.40. The van der Waals surface area contributed by atoms with E-state index in [1.165, 1.54) is 16.1 Å². The van der Waals surface area contributed by atoms with E-state index in [0.717, 1.165) is 24.5 Å². The number of fused-ring (bicyclic) bond motifs is 1. The lowest BCUT2D eigenvalue weighted by Crippen LogP contribution is -2.43. The minimum absolute atomic E-state index is 0.0662. The minimum Gasteiger partial charge on any atom is -0.454 e. The van der Waals surface area contributed by atoms with Gasteiger partial charge in [0.25, 0.3) is 0 Å². The normalized spacial score (nSPS) is 24.2. The molecule has 0 bridgehead atoms. The van der Waals surface area contributed by atoms with Crippen LogP contribution >= 0.6 is 0 Å². The van der Waals surface area contributed by atoms with Crippen LogP contribution in [0.25, 0.3) is 0 Å². The molecule has 7 nitrogen and oxygen atoms in total. The molecule has 0 aliphatic carbocycles. The first-order valence-corrected chi connectivity index (χ1v) is 10.9. The molecule has 1 aromatic carbocycles. The average molecular weight is 380 g/mol. The van der Waals surface area contributed by atoms with Gasteiger partial charge in [0.2, 0.25) is 22.7 Å². The number of piperidine rings is 1. The van der Waals surface area contributed by atoms with E-state index in [1.54, 1.807) is 0 Å². The minimum atomic E-state index is -3.16. The molecule has 0 aromatic heterocycles. The molecule has 3 aliphatic rings. The molecule has 4 rings (SSSR count). The van der Waals surface area contributed by atoms with Gasteiger partial charge in [-0.1, -0.05) is 6.07 Å². The molecular weight excluding hydrogens is 356 g/mol. The molecule has 26 heavy (non-hydrogen) atoms. The molecule has 1 atom stereocenters. The van der Waals surface area contributed by atoms with E-state index in [0.29, 0.717) is 38.4 Å². The molecule has 0 radical (unpaired) electrons. The maximum absolute atomic E-state index is 12.8. The number of benzene rings is 1. The molecule has 3 aliphatic heterocycles. The fourth-order valence-electron chi connectivity index (χ4n) is 4.09. The predicted octanol–water partition coefficient (Wildman–Crippen LogP) is 1.40. The Morgan fingerprint density at radius 3 is 2.54 bits per heavy atom. The van der Waals surface area contributed by atoms with E-state index in [4.69, 9.17) is 9.47 Å². The van der Waals surface area contributed by atoms with Gasteiger partial charge in [0.15, 0.2) is 11.5 Å². The smallest absolute Gasteiger partial charge is 0.231 e. The van der Waals surface area contributed by atoms with Crippen LogP contribution in [0, 0.1) is 5.92 Å². The molecule has 142 valence electrons. The zero-order valence-electron chi connectivity index (χ0n) is 14.9. The molecule has 8 heteroatoms. The number of hydrogen-bond donors (Lipinski definition) is 0. The second-order valence-electron chi connectivity index (χ2n) is 7.32. The number of hydrogen-bond acceptors (Lipinski definition) is 5. The molecular formula is C18H24N2O5S. The first kappa shape index (κ1) is 17.6. The Bertz CT molecular complexity index is 802. The van der Waals surface area contributed by atoms with E-state index in [-0.39, 0.29) is 18.6 Å². The van der Waals surface area contributed by atoms with Crippen LogP contribution in [-0.4, -0.2) is 62.8 Å². The van der Waals surface area contributed by atoms with Gasteiger partial charge in [-0.2, -0.15) is 0 Å². The third-order valence-electron chi connectivity index (χ3n) is 5.64. The molecule has 1 aromatic rings. The van der Waals surface area contributed by atoms with E-state index >= 15 is 0 Å². The molecule has 2 saturated heterocycles. The van der Waals surface area contributed by atoms with E-state index < -0.39 is 10.0 Å². The van der Waals surface area contributed by atoms with Crippen molar-refractivity contribution in [2.24, 2.45) is 5.92 Å². The highest BCUT2D eigenvalue weighted by Gasteiger charge is 2.35. The number of carbonyl (C=O) groups excluding carboxylic acids is 1. The Morgan fingerprint density at radius 2 is 1.81 bits per heavy atom. The van der Waals surface area contributed by atoms with E-state index in [1.807, 2.05) is 17.0 Å². The van der Waals surface area contributed by atoms with Gasteiger partial charge in [-0.25, -0.2) is 12.7 Å². The highest BCUT2D eigenvalue weighted by atomic mass is 32.2. The van der Waals surface area contributed by atoms with Gasteiger partial charge in [-0.3, -0.25) is 4.79 Å². The molecule has 0 spiro atoms. The van der Waals surface area contributed by atoms with Gasteiger partial charge in [0, 0.05) is 38.0 Å². The summed E-state index contributed by atoms with van der Waals surface area (Å²) in [6.45, 7) is 2.61. The van der Waals surface area contributed by atoms with Crippen molar-refractivity contribution in [3.8, 4) is 11.5 Å². The molecule has 1 amide bonds. The topological polar surface area (TPSA) is 76.2 Å². The van der Waals surface area contributed by atoms with Gasteiger partial charge < -0.3 is 14.4 Å². The number of carbonyl (C=O) groups is 1. The number of nitrogens with zero attached hydrogens (tertiary/aromatic N) is 2. The van der Waals surface area contributed by atoms with Crippen LogP contribution in [0.4, 0.5) is 0 Å². The Kier molecular flexibility index (Phi) is 4.56. The summed E-state index contributed by atoms with van der Waals surface area (Å²) in [5.74, 6) is 1.96. The number of amides is 1. The lowest BCUT2D eigenvalue weighted by molar-refractivity contribution is -0.135. The molecule has 3 heterocycles. The lowest BCUT2D eigenvalue weighted by atomic mass is 9.96. The number of sulfonamides is 1. The molecule has 1 unspecified atom stereocenters. The predicted molar refractivity (Wildman–Crippen MR) is 95.6 cm³/mol. The Balaban J connectivity index is 1.36. The van der Waals surface area contributed by atoms with Crippen LogP contribution in [0.3, 0.4) is 0 Å². The summed E-state index contributed by atoms with van der Waals surface area (Å²) >= 11 is 0. The van der Waals surface area contributed by atoms with Crippen LogP contribution in [-0.2, 0) is 14.8 Å². The summed E-state index contributed by atoms with van der Waals surface area (Å²) in [6.07, 6.45) is 3.38. The Hall–Kier alpha value is -1.80. The van der Waals surface area contributed by atoms with Crippen LogP contribution in [0.1, 0.15) is 30.7 Å². The zero-order valence-corrected chi connectivity index (χ0v) is 15.7. The summed E-state index contributed by atoms with van der Waals surface area (Å²) in [4.78, 5) is 14.8. The summed E-state index contributed by atoms with van der Waals surface area (Å²) in [5.41, 5.74) is 1.18. The highest BCUT2D eigenvalue weighted by molar-refractivity contribution is 7.88. The second kappa shape index (κ2) is 6.74. The monoisotopic (exact) mass is 380 g/mol. The van der Waals surface area contributed by atoms with Gasteiger partial charge in [0.1, 0.15) is 0 Å². The van der Waals surface area contributed by atoms with Gasteiger partial charge >= 0.3 is 0 Å². The summed E-state index contributed by atoms with van der Waals surface area (Å²) in [5, 5.41) is 0. The molecule has 0 saturated carbocycles. The first-order valence-electron chi connectivity index (χ1n) is 9.05. The number of likely N-dealkylation sites (tertiary alicyclic amines) is 1. The quantitative estimate of drug-likeness (QED) is 0.792. The average Bonchev–Trinajstić information content (AvgIpc) is 3.29. The van der Waals surface area contributed by atoms with Crippen molar-refractivity contribution >= 4 is 15.9 Å². The van der Waals surface area contributed by atoms with Crippen molar-refractivity contribution < 1.29 is 22.7 Å². The summed E-state index contributed by atoms with van der Waals surface area (Å²) < 4.78 is 35.5. The van der Waals surface area contributed by atoms with Crippen molar-refractivity contribution in [3.05, 3.63) is 23.8 Å². The summed E-state index contributed by atoms with van der Waals surface area (Å²) in [7, 11) is -3.16. The van der Waals surface area contributed by atoms with Gasteiger partial charge in [-0.15, -0.1) is 0 Å². The van der Waals surface area contributed by atoms with Crippen LogP contribution in [0.5, 0.6) is 11.5 Å². The zero-order chi connectivity index (χ0) is 18.3. The SMILES string of the molecule is CS(=O)(=O)N1CCC(C(=O)N2CCC(c3ccc4c(c3)OCO4)C2)CC1. The molecule has 0 N–H and O–H groups in total. The maximum atomic E-state index is 12.8. The Morgan fingerprint density at radius 1 is 1.08 bits per heavy atom. The second-order valence-corrected chi connectivity index (χ2v) is 9.30. The standard InChI is InChI=1S/C18H24N2O5S/c1-26(22,23)20-8-5-13(6-9-20)18(21)19-7-4-15(11-19)14-2-3-16-17(10-14)25-12-24-16/h2-3,10,13,15H,4-9,11-12H2,1H3. The largest absolute Gasteiger partial charge is 0.454 e. The van der Waals surface area contributed by atoms with Crippen LogP contribution in [0.2, 0.25) is 0 Å². The number of ether oxygens (including phenoxy) is 2. The van der Waals surface area contributed by atoms with E-state index in [9.17, 15) is 13.2 Å². The van der Waals surface area contributed by atoms with E-state index in [2.05, 4.69) is 6.07 Å². The van der Waals surface area contributed by atoms with Crippen molar-refractivity contribution in [3.63, 3.8) is 0 Å². The number of rotatable bonds is 3. The van der Waals surface area contributed by atoms with Crippen molar-refractivity contribution in [1.29, 1.82) is 0 Å². The van der Waals surface area contributed by atoms with Crippen molar-refractivity contribution in [2.75, 3.05) is 39.2 Å². The van der Waals surface area contributed by atoms with Crippen LogP contribution in [0.15, 0.2) is 18.2 Å². The fraction of sp³-hybridized carbons (Fsp3) is 0.611. The highest BCUT2D eigenvalue weighted by Crippen LogP contribution is 2.37. The molecule has 2 fully saturated rings. The van der Waals surface area contributed by atoms with Crippen molar-refractivity contribution in [2.45, 2.75) is 25.2 Å². The lowest BCUT2D eigenvalue weighted by Gasteiger charge is -2.31. The first-order chi connectivity index (χ1) is 12.4. The van der Waals surface area contributed by atoms with Crippen LogP contribution < -0.4 is 9.47 Å². The van der Waals surface area contributed by atoms with Gasteiger partial charge in [-0.05, 0) is 37.0 Å². The maximum Gasteiger partial charge on any atom is 0.231 e. The van der Waals surface area contributed by atoms with Gasteiger partial charge in [0.05, 0.1) is 6.26 Å². The fourth-order valence-corrected chi connectivity index (χ4v) is 4.97. The summed E-state index contributed by atoms with van der Waals surface area (Å²) in [6, 6.07) is 6.01. The Labute approximate surface area is 153 Å². The third-order valence-corrected chi connectivity index (χ3v) is 6.94.